The second kappa shape index (κ2) is 7.14. The van der Waals surface area contributed by atoms with Crippen molar-refractivity contribution < 1.29 is 14.5 Å². The minimum absolute atomic E-state index is 0.133. The maximum atomic E-state index is 13.6. The number of Topliss-reactive ketones (excluding diaryl/α,β-unsaturated/α-hetero) is 1. The predicted octanol–water partition coefficient (Wildman–Crippen LogP) is 3.98. The quantitative estimate of drug-likeness (QED) is 0.383. The number of hydrogen-bond donors (Lipinski definition) is 2. The zero-order chi connectivity index (χ0) is 21.6. The second-order valence-electron chi connectivity index (χ2n) is 7.92. The molecule has 5 rings (SSSR count). The highest BCUT2D eigenvalue weighted by atomic mass is 16.6. The number of amides is 1. The van der Waals surface area contributed by atoms with Crippen LogP contribution in [0.3, 0.4) is 0 Å². The van der Waals surface area contributed by atoms with E-state index in [0.29, 0.717) is 0 Å². The third-order valence-corrected chi connectivity index (χ3v) is 6.19. The summed E-state index contributed by atoms with van der Waals surface area (Å²) in [5.41, 5.74) is 1.54. The van der Waals surface area contributed by atoms with Crippen LogP contribution in [0, 0.1) is 16.0 Å². The number of nitrogens with zero attached hydrogens (tertiary/aromatic N) is 1. The molecule has 3 atom stereocenters. The molecular weight excluding hydrogens is 394 g/mol. The molecule has 2 heterocycles. The van der Waals surface area contributed by atoms with Crippen LogP contribution in [0.2, 0.25) is 0 Å². The molecule has 1 fully saturated rings. The number of para-hydroxylation sites is 1. The number of anilines is 1. The maximum absolute atomic E-state index is 13.6. The third kappa shape index (κ3) is 3.02. The van der Waals surface area contributed by atoms with Gasteiger partial charge < -0.3 is 5.32 Å². The van der Waals surface area contributed by atoms with Gasteiger partial charge in [-0.25, -0.2) is 0 Å². The van der Waals surface area contributed by atoms with Crippen molar-refractivity contribution in [3.8, 4) is 0 Å². The standard InChI is InChI=1S/C24H19N3O4/c28-22(16-9-6-10-17(13-16)27(30)31)18-14-24(26-21(18)15-7-2-1-3-8-15)19-11-4-5-12-20(19)25-23(24)29/h1-13,18,21,26H,14H2,(H,25,29). The Balaban J connectivity index is 1.60. The van der Waals surface area contributed by atoms with Gasteiger partial charge in [0.1, 0.15) is 5.54 Å². The summed E-state index contributed by atoms with van der Waals surface area (Å²) in [5, 5.41) is 17.6. The van der Waals surface area contributed by atoms with E-state index in [0.717, 1.165) is 16.8 Å². The molecule has 31 heavy (non-hydrogen) atoms. The second-order valence-corrected chi connectivity index (χ2v) is 7.92. The average molecular weight is 413 g/mol. The lowest BCUT2D eigenvalue weighted by Gasteiger charge is -2.23. The molecule has 1 spiro atoms. The number of carbonyl (C=O) groups is 2. The fourth-order valence-corrected chi connectivity index (χ4v) is 4.74. The van der Waals surface area contributed by atoms with Crippen molar-refractivity contribution in [2.45, 2.75) is 18.0 Å². The topological polar surface area (TPSA) is 101 Å². The Morgan fingerprint density at radius 2 is 1.74 bits per heavy atom. The number of carbonyl (C=O) groups excluding carboxylic acids is 2. The van der Waals surface area contributed by atoms with Crippen molar-refractivity contribution in [2.24, 2.45) is 5.92 Å². The van der Waals surface area contributed by atoms with Crippen molar-refractivity contribution in [3.63, 3.8) is 0 Å². The van der Waals surface area contributed by atoms with E-state index in [4.69, 9.17) is 0 Å². The summed E-state index contributed by atoms with van der Waals surface area (Å²) in [6, 6.07) is 22.3. The predicted molar refractivity (Wildman–Crippen MR) is 115 cm³/mol. The summed E-state index contributed by atoms with van der Waals surface area (Å²) < 4.78 is 0. The zero-order valence-corrected chi connectivity index (χ0v) is 16.4. The van der Waals surface area contributed by atoms with Crippen LogP contribution < -0.4 is 10.6 Å². The van der Waals surface area contributed by atoms with Crippen LogP contribution in [0.15, 0.2) is 78.9 Å². The van der Waals surface area contributed by atoms with E-state index in [-0.39, 0.29) is 29.4 Å². The molecule has 1 amide bonds. The van der Waals surface area contributed by atoms with Crippen LogP contribution in [0.4, 0.5) is 11.4 Å². The highest BCUT2D eigenvalue weighted by molar-refractivity contribution is 6.08. The van der Waals surface area contributed by atoms with Gasteiger partial charge in [-0.15, -0.1) is 0 Å². The SMILES string of the molecule is O=C(c1cccc([N+](=O)[O-])c1)C1CC2(NC1c1ccccc1)C(=O)Nc1ccccc12. The van der Waals surface area contributed by atoms with Gasteiger partial charge in [0.15, 0.2) is 5.78 Å². The highest BCUT2D eigenvalue weighted by Crippen LogP contribution is 2.50. The zero-order valence-electron chi connectivity index (χ0n) is 16.4. The van der Waals surface area contributed by atoms with Crippen LogP contribution in [0.25, 0.3) is 0 Å². The molecule has 2 aliphatic rings. The highest BCUT2D eigenvalue weighted by Gasteiger charge is 2.56. The number of ketones is 1. The summed E-state index contributed by atoms with van der Waals surface area (Å²) in [6.45, 7) is 0. The molecular formula is C24H19N3O4. The van der Waals surface area contributed by atoms with E-state index in [1.165, 1.54) is 18.2 Å². The largest absolute Gasteiger partial charge is 0.324 e. The van der Waals surface area contributed by atoms with Crippen LogP contribution in [0.1, 0.15) is 33.9 Å². The maximum Gasteiger partial charge on any atom is 0.270 e. The van der Waals surface area contributed by atoms with E-state index >= 15 is 0 Å². The third-order valence-electron chi connectivity index (χ3n) is 6.19. The number of nitro benzene ring substituents is 1. The molecule has 3 unspecified atom stereocenters. The lowest BCUT2D eigenvalue weighted by Crippen LogP contribution is -2.43. The van der Waals surface area contributed by atoms with E-state index in [1.54, 1.807) is 6.07 Å². The Labute approximate surface area is 178 Å². The Morgan fingerprint density at radius 3 is 2.52 bits per heavy atom. The van der Waals surface area contributed by atoms with Gasteiger partial charge in [0, 0.05) is 40.9 Å². The first kappa shape index (κ1) is 19.1. The van der Waals surface area contributed by atoms with Gasteiger partial charge in [0.2, 0.25) is 5.91 Å². The molecule has 3 aromatic carbocycles. The fourth-order valence-electron chi connectivity index (χ4n) is 4.74. The van der Waals surface area contributed by atoms with E-state index in [9.17, 15) is 19.7 Å². The molecule has 154 valence electrons. The van der Waals surface area contributed by atoms with Crippen molar-refractivity contribution in [1.82, 2.24) is 5.32 Å². The Kier molecular flexibility index (Phi) is 4.41. The van der Waals surface area contributed by atoms with Gasteiger partial charge in [-0.1, -0.05) is 60.7 Å². The van der Waals surface area contributed by atoms with Gasteiger partial charge in [-0.3, -0.25) is 25.0 Å². The molecule has 0 saturated carbocycles. The number of rotatable bonds is 4. The monoisotopic (exact) mass is 413 g/mol. The molecule has 2 aliphatic heterocycles. The number of benzene rings is 3. The first-order valence-electron chi connectivity index (χ1n) is 10.0. The van der Waals surface area contributed by atoms with Gasteiger partial charge in [0.25, 0.3) is 5.69 Å². The minimum atomic E-state index is -1.03. The van der Waals surface area contributed by atoms with Crippen LogP contribution in [0.5, 0.6) is 0 Å². The van der Waals surface area contributed by atoms with Crippen molar-refractivity contribution in [2.75, 3.05) is 5.32 Å². The van der Waals surface area contributed by atoms with Crippen LogP contribution in [-0.4, -0.2) is 16.6 Å². The first-order chi connectivity index (χ1) is 15.0. The van der Waals surface area contributed by atoms with Gasteiger partial charge in [-0.05, 0) is 18.1 Å². The molecule has 1 saturated heterocycles. The van der Waals surface area contributed by atoms with Gasteiger partial charge in [0.05, 0.1) is 4.92 Å². The van der Waals surface area contributed by atoms with Gasteiger partial charge >= 0.3 is 0 Å². The summed E-state index contributed by atoms with van der Waals surface area (Å²) >= 11 is 0. The molecule has 0 radical (unpaired) electrons. The number of hydrogen-bond acceptors (Lipinski definition) is 5. The van der Waals surface area contributed by atoms with E-state index in [2.05, 4.69) is 10.6 Å². The van der Waals surface area contributed by atoms with Crippen LogP contribution >= 0.6 is 0 Å². The van der Waals surface area contributed by atoms with E-state index < -0.39 is 22.4 Å². The average Bonchev–Trinajstić information content (AvgIpc) is 3.33. The summed E-state index contributed by atoms with van der Waals surface area (Å²) in [7, 11) is 0. The normalized spacial score (nSPS) is 24.1. The molecule has 7 nitrogen and oxygen atoms in total. The smallest absolute Gasteiger partial charge is 0.270 e. The Morgan fingerprint density at radius 1 is 1.00 bits per heavy atom. The summed E-state index contributed by atoms with van der Waals surface area (Å²) in [4.78, 5) is 37.4. The molecule has 0 aromatic heterocycles. The number of nitrogens with one attached hydrogen (secondary N) is 2. The number of nitro groups is 1. The van der Waals surface area contributed by atoms with Crippen LogP contribution in [-0.2, 0) is 10.3 Å². The first-order valence-corrected chi connectivity index (χ1v) is 10.0. The minimum Gasteiger partial charge on any atom is -0.324 e. The Hall–Kier alpha value is -3.84. The molecule has 0 aliphatic carbocycles. The fraction of sp³-hybridized carbons (Fsp3) is 0.167. The molecule has 0 bridgehead atoms. The summed E-state index contributed by atoms with van der Waals surface area (Å²) in [5.74, 6) is -0.982. The number of non-ortho nitro benzene ring substituents is 1. The summed E-state index contributed by atoms with van der Waals surface area (Å²) in [6.07, 6.45) is 0.261. The van der Waals surface area contributed by atoms with Crippen molar-refractivity contribution in [1.29, 1.82) is 0 Å². The van der Waals surface area contributed by atoms with Gasteiger partial charge in [-0.2, -0.15) is 0 Å². The Bertz CT molecular complexity index is 1210. The molecule has 3 aromatic rings. The lowest BCUT2D eigenvalue weighted by molar-refractivity contribution is -0.384. The van der Waals surface area contributed by atoms with Crippen molar-refractivity contribution >= 4 is 23.1 Å². The van der Waals surface area contributed by atoms with Crippen molar-refractivity contribution in [3.05, 3.63) is 106 Å². The molecule has 2 N–H and O–H groups in total. The number of fused-ring (bicyclic) bond motifs is 2. The lowest BCUT2D eigenvalue weighted by atomic mass is 9.82. The van der Waals surface area contributed by atoms with E-state index in [1.807, 2.05) is 54.6 Å². The molecule has 7 heteroatoms.